The van der Waals surface area contributed by atoms with Crippen LogP contribution in [0.5, 0.6) is 5.75 Å². The molecule has 0 unspecified atom stereocenters. The number of hydrogen-bond donors (Lipinski definition) is 0. The van der Waals surface area contributed by atoms with Gasteiger partial charge < -0.3 is 14.1 Å². The van der Waals surface area contributed by atoms with Crippen molar-refractivity contribution in [2.24, 2.45) is 0 Å². The molecule has 1 aliphatic heterocycles. The van der Waals surface area contributed by atoms with E-state index < -0.39 is 13.9 Å². The Morgan fingerprint density at radius 3 is 1.98 bits per heavy atom. The van der Waals surface area contributed by atoms with Crippen molar-refractivity contribution >= 4 is 53.9 Å². The number of allylic oxidation sites excluding steroid dienone is 1. The van der Waals surface area contributed by atoms with Gasteiger partial charge in [-0.25, -0.2) is 15.0 Å². The lowest BCUT2D eigenvalue weighted by molar-refractivity contribution is 0.0952. The summed E-state index contributed by atoms with van der Waals surface area (Å²) in [4.78, 5) is 11.5. The van der Waals surface area contributed by atoms with E-state index >= 15 is 0 Å². The minimum absolute atomic E-state index is 0.0542. The fourth-order valence-corrected chi connectivity index (χ4v) is 10.0. The number of benzene rings is 3. The van der Waals surface area contributed by atoms with Crippen molar-refractivity contribution in [1.29, 1.82) is 5.26 Å². The van der Waals surface area contributed by atoms with Gasteiger partial charge in [0.25, 0.3) is 5.70 Å². The Labute approximate surface area is 320 Å². The lowest BCUT2D eigenvalue weighted by Gasteiger charge is -2.31. The predicted molar refractivity (Wildman–Crippen MR) is 223 cm³/mol. The van der Waals surface area contributed by atoms with Crippen LogP contribution in [0.2, 0.25) is 6.55 Å². The van der Waals surface area contributed by atoms with Crippen LogP contribution in [0.3, 0.4) is 0 Å². The molecule has 0 spiro atoms. The molecule has 8 heteroatoms. The highest BCUT2D eigenvalue weighted by molar-refractivity contribution is 7.13. The molecule has 0 fully saturated rings. The van der Waals surface area contributed by atoms with E-state index in [0.29, 0.717) is 5.57 Å². The highest BCUT2D eigenvalue weighted by atomic mass is 32.1. The fourth-order valence-electron chi connectivity index (χ4n) is 6.36. The highest BCUT2D eigenvalue weighted by Gasteiger charge is 2.39. The summed E-state index contributed by atoms with van der Waals surface area (Å²) in [6, 6.07) is 33.9. The topological polar surface area (TPSA) is 54.2 Å². The summed E-state index contributed by atoms with van der Waals surface area (Å²) in [6.07, 6.45) is 12.7. The van der Waals surface area contributed by atoms with Crippen LogP contribution < -0.4 is 19.7 Å². The molecule has 1 aromatic heterocycles. The molecule has 0 atom stereocenters. The Kier molecular flexibility index (Phi) is 12.9. The molecule has 3 aromatic carbocycles. The zero-order valence-corrected chi connectivity index (χ0v) is 33.0. The summed E-state index contributed by atoms with van der Waals surface area (Å²) in [5.74, 6) is 0.927. The Bertz CT molecular complexity index is 2080. The maximum Gasteiger partial charge on any atom is 0.311 e. The Morgan fingerprint density at radius 1 is 0.868 bits per heavy atom. The Hall–Kier alpha value is -5.59. The van der Waals surface area contributed by atoms with Crippen LogP contribution in [-0.4, -0.2) is 27.0 Å². The minimum Gasteiger partial charge on any atom is -0.534 e. The first kappa shape index (κ1) is 38.6. The van der Waals surface area contributed by atoms with Crippen LogP contribution in [0.1, 0.15) is 68.7 Å². The molecular formula is C45H46N4O2SSi. The van der Waals surface area contributed by atoms with Crippen molar-refractivity contribution in [2.75, 3.05) is 18.0 Å². The summed E-state index contributed by atoms with van der Waals surface area (Å²) in [5, 5.41) is 11.8. The lowest BCUT2D eigenvalue weighted by Crippen LogP contribution is -2.60. The normalized spacial score (nSPS) is 14.8. The van der Waals surface area contributed by atoms with E-state index in [4.69, 9.17) is 22.3 Å². The molecule has 53 heavy (non-hydrogen) atoms. The van der Waals surface area contributed by atoms with E-state index in [-0.39, 0.29) is 17.2 Å². The van der Waals surface area contributed by atoms with Gasteiger partial charge in [0.1, 0.15) is 17.1 Å². The van der Waals surface area contributed by atoms with Gasteiger partial charge in [-0.1, -0.05) is 93.4 Å². The monoisotopic (exact) mass is 734 g/mol. The van der Waals surface area contributed by atoms with Crippen molar-refractivity contribution in [3.8, 4) is 11.8 Å². The highest BCUT2D eigenvalue weighted by Crippen LogP contribution is 2.42. The predicted octanol–water partition coefficient (Wildman–Crippen LogP) is 10.7. The molecule has 1 aliphatic rings. The third kappa shape index (κ3) is 9.08. The van der Waals surface area contributed by atoms with Crippen molar-refractivity contribution < 1.29 is 9.16 Å². The number of nitrogens with zero attached hydrogens (tertiary/aromatic N) is 4. The summed E-state index contributed by atoms with van der Waals surface area (Å²) in [5.41, 5.74) is 1.99. The van der Waals surface area contributed by atoms with Gasteiger partial charge in [-0.15, -0.1) is 11.3 Å². The van der Waals surface area contributed by atoms with Crippen LogP contribution >= 0.6 is 11.3 Å². The SMILES string of the molecule is [C-]#[N+]C1=C(/C=C/c2ccc(/C=C/c3ccc(N(CCCC)CCCC)cc3O[Si](C)(c3ccccc3)c3ccccc3)s2)C(C)(C)O/C1=C(\C#N)[N+]#[C-]. The summed E-state index contributed by atoms with van der Waals surface area (Å²) < 4.78 is 13.3. The number of rotatable bonds is 15. The smallest absolute Gasteiger partial charge is 0.311 e. The first-order valence-electron chi connectivity index (χ1n) is 18.2. The molecule has 0 N–H and O–H groups in total. The third-order valence-corrected chi connectivity index (χ3v) is 13.9. The van der Waals surface area contributed by atoms with Gasteiger partial charge in [0.2, 0.25) is 5.70 Å². The zero-order valence-electron chi connectivity index (χ0n) is 31.2. The quantitative estimate of drug-likeness (QED) is 0.0693. The maximum atomic E-state index is 9.42. The molecule has 268 valence electrons. The molecule has 5 rings (SSSR count). The van der Waals surface area contributed by atoms with E-state index in [1.165, 1.54) is 16.1 Å². The number of hydrogen-bond acceptors (Lipinski definition) is 5. The van der Waals surface area contributed by atoms with Crippen molar-refractivity contribution in [1.82, 2.24) is 0 Å². The Balaban J connectivity index is 1.51. The van der Waals surface area contributed by atoms with Gasteiger partial charge in [-0.05, 0) is 86.1 Å². The first-order chi connectivity index (χ1) is 25.7. The lowest BCUT2D eigenvalue weighted by atomic mass is 9.97. The number of unbranched alkanes of at least 4 members (excludes halogenated alkanes) is 2. The van der Waals surface area contributed by atoms with Gasteiger partial charge >= 0.3 is 8.32 Å². The molecule has 0 aliphatic carbocycles. The van der Waals surface area contributed by atoms with Gasteiger partial charge in [-0.2, -0.15) is 0 Å². The van der Waals surface area contributed by atoms with Crippen molar-refractivity contribution in [3.63, 3.8) is 0 Å². The second-order valence-electron chi connectivity index (χ2n) is 13.6. The largest absolute Gasteiger partial charge is 0.534 e. The third-order valence-electron chi connectivity index (χ3n) is 9.40. The fraction of sp³-hybridized carbons (Fsp3) is 0.267. The summed E-state index contributed by atoms with van der Waals surface area (Å²) in [6.45, 7) is 27.6. The molecule has 0 radical (unpaired) electrons. The van der Waals surface area contributed by atoms with Crippen molar-refractivity contribution in [3.05, 3.63) is 158 Å². The molecular weight excluding hydrogens is 689 g/mol. The van der Waals surface area contributed by atoms with Gasteiger partial charge in [-0.3, -0.25) is 0 Å². The number of thiophene rings is 1. The van der Waals surface area contributed by atoms with E-state index in [0.717, 1.165) is 59.8 Å². The van der Waals surface area contributed by atoms with Crippen LogP contribution in [0.4, 0.5) is 5.69 Å². The molecule has 0 saturated heterocycles. The minimum atomic E-state index is -2.68. The van der Waals surface area contributed by atoms with E-state index in [1.54, 1.807) is 11.3 Å². The van der Waals surface area contributed by atoms with E-state index in [1.807, 2.05) is 38.1 Å². The van der Waals surface area contributed by atoms with E-state index in [2.05, 4.69) is 132 Å². The molecule has 0 amide bonds. The number of ether oxygens (including phenoxy) is 1. The van der Waals surface area contributed by atoms with Gasteiger partial charge in [0, 0.05) is 45.7 Å². The van der Waals surface area contributed by atoms with Gasteiger partial charge in [0.15, 0.2) is 0 Å². The molecule has 0 bridgehead atoms. The summed E-state index contributed by atoms with van der Waals surface area (Å²) >= 11 is 1.63. The maximum absolute atomic E-state index is 9.42. The average molecular weight is 735 g/mol. The first-order valence-corrected chi connectivity index (χ1v) is 21.4. The standard InChI is InChI=1S/C45H46N4O2SSi/c1-8-10-30-49(31-11-9-2)35-24-22-34(42(32-35)51-53(7,38-18-14-12-15-19-38)39-20-16-13-17-21-39)23-25-36-26-27-37(52-36)28-29-40-43(48-6)44(41(33-46)47-5)50-45(40,3)4/h12-29,32H,8-11,30-31H2,1-4,7H3/b25-23+,29-28+,44-41+. The van der Waals surface area contributed by atoms with Crippen LogP contribution in [0.15, 0.2) is 120 Å². The summed E-state index contributed by atoms with van der Waals surface area (Å²) in [7, 11) is -2.68. The van der Waals surface area contributed by atoms with Crippen LogP contribution in [0, 0.1) is 24.5 Å². The van der Waals surface area contributed by atoms with E-state index in [9.17, 15) is 5.26 Å². The number of anilines is 1. The molecule has 6 nitrogen and oxygen atoms in total. The molecule has 2 heterocycles. The van der Waals surface area contributed by atoms with Gasteiger partial charge in [0.05, 0.1) is 19.2 Å². The Morgan fingerprint density at radius 2 is 1.45 bits per heavy atom. The van der Waals surface area contributed by atoms with Crippen molar-refractivity contribution in [2.45, 2.75) is 65.5 Å². The van der Waals surface area contributed by atoms with Crippen LogP contribution in [0.25, 0.3) is 27.9 Å². The molecule has 4 aromatic rings. The van der Waals surface area contributed by atoms with Crippen LogP contribution in [-0.2, 0) is 4.74 Å². The zero-order chi connectivity index (χ0) is 37.8. The second-order valence-corrected chi connectivity index (χ2v) is 18.2. The number of nitriles is 1. The second kappa shape index (κ2) is 17.8. The average Bonchev–Trinajstić information content (AvgIpc) is 3.74. The molecule has 0 saturated carbocycles.